The fourth-order valence-electron chi connectivity index (χ4n) is 1.19. The Balaban J connectivity index is 3.49. The number of hydrogen-bond acceptors (Lipinski definition) is 3. The summed E-state index contributed by atoms with van der Waals surface area (Å²) in [6, 6.07) is 1.19. The zero-order chi connectivity index (χ0) is 11.6. The van der Waals surface area contributed by atoms with Crippen LogP contribution in [0.15, 0.2) is 12.3 Å². The number of nitrogens with zero attached hydrogens (tertiary/aromatic N) is 1. The van der Waals surface area contributed by atoms with E-state index in [1.54, 1.807) is 6.92 Å². The minimum Gasteiger partial charge on any atom is -0.618 e. The van der Waals surface area contributed by atoms with Gasteiger partial charge in [0.25, 0.3) is 0 Å². The van der Waals surface area contributed by atoms with Gasteiger partial charge in [-0.15, -0.1) is 0 Å². The molecule has 80 valence electrons. The van der Waals surface area contributed by atoms with Crippen molar-refractivity contribution >= 4 is 11.9 Å². The summed E-state index contributed by atoms with van der Waals surface area (Å²) < 4.78 is 0.0740. The quantitative estimate of drug-likeness (QED) is 0.552. The molecule has 0 amide bonds. The van der Waals surface area contributed by atoms with Crippen LogP contribution < -0.4 is 4.73 Å². The lowest BCUT2D eigenvalue weighted by Gasteiger charge is -2.05. The van der Waals surface area contributed by atoms with Gasteiger partial charge in [0.05, 0.1) is 0 Å². The maximum atomic E-state index is 11.2. The third-order valence-corrected chi connectivity index (χ3v) is 1.93. The van der Waals surface area contributed by atoms with E-state index in [0.717, 1.165) is 6.20 Å². The summed E-state index contributed by atoms with van der Waals surface area (Å²) in [5.41, 5.74) is -0.774. The first kappa shape index (κ1) is 11.0. The monoisotopic (exact) mass is 211 g/mol. The van der Waals surface area contributed by atoms with E-state index in [0.29, 0.717) is 12.0 Å². The molecule has 1 aromatic rings. The van der Waals surface area contributed by atoms with E-state index in [4.69, 9.17) is 10.2 Å². The van der Waals surface area contributed by atoms with Crippen molar-refractivity contribution in [1.82, 2.24) is 0 Å². The number of aromatic nitrogens is 1. The molecule has 6 nitrogen and oxygen atoms in total. The molecule has 6 heteroatoms. The van der Waals surface area contributed by atoms with Crippen LogP contribution >= 0.6 is 0 Å². The summed E-state index contributed by atoms with van der Waals surface area (Å²) in [5.74, 6) is -2.97. The summed E-state index contributed by atoms with van der Waals surface area (Å²) in [6.45, 7) is 1.74. The second-order valence-corrected chi connectivity index (χ2v) is 2.90. The topological polar surface area (TPSA) is 102 Å². The van der Waals surface area contributed by atoms with Crippen LogP contribution in [-0.2, 0) is 6.42 Å². The Labute approximate surface area is 85.0 Å². The normalized spacial score (nSPS) is 9.93. The Morgan fingerprint density at radius 2 is 2.00 bits per heavy atom. The highest BCUT2D eigenvalue weighted by atomic mass is 16.5. The molecule has 0 aliphatic rings. The number of rotatable bonds is 3. The number of aryl methyl sites for hydroxylation is 1. The van der Waals surface area contributed by atoms with E-state index in [1.807, 2.05) is 0 Å². The van der Waals surface area contributed by atoms with E-state index >= 15 is 0 Å². The van der Waals surface area contributed by atoms with Crippen molar-refractivity contribution in [2.75, 3.05) is 0 Å². The first-order valence-electron chi connectivity index (χ1n) is 4.20. The van der Waals surface area contributed by atoms with Crippen LogP contribution in [0, 0.1) is 5.21 Å². The van der Waals surface area contributed by atoms with Gasteiger partial charge in [-0.1, -0.05) is 6.92 Å². The second kappa shape index (κ2) is 3.95. The average Bonchev–Trinajstić information content (AvgIpc) is 2.15. The van der Waals surface area contributed by atoms with Crippen molar-refractivity contribution in [2.24, 2.45) is 0 Å². The predicted molar refractivity (Wildman–Crippen MR) is 48.7 cm³/mol. The van der Waals surface area contributed by atoms with Gasteiger partial charge in [-0.25, -0.2) is 9.59 Å². The van der Waals surface area contributed by atoms with E-state index in [2.05, 4.69) is 0 Å². The summed E-state index contributed by atoms with van der Waals surface area (Å²) in [5, 5.41) is 28.7. The zero-order valence-electron chi connectivity index (χ0n) is 7.93. The molecule has 15 heavy (non-hydrogen) atoms. The van der Waals surface area contributed by atoms with Crippen molar-refractivity contribution in [2.45, 2.75) is 13.3 Å². The average molecular weight is 211 g/mol. The van der Waals surface area contributed by atoms with Crippen LogP contribution in [-0.4, -0.2) is 22.2 Å². The lowest BCUT2D eigenvalue weighted by Crippen LogP contribution is -2.37. The number of carboxylic acid groups (broad SMARTS) is 2. The molecule has 0 aliphatic carbocycles. The maximum absolute atomic E-state index is 11.2. The van der Waals surface area contributed by atoms with Crippen molar-refractivity contribution in [1.29, 1.82) is 0 Å². The third-order valence-electron chi connectivity index (χ3n) is 1.93. The van der Waals surface area contributed by atoms with Gasteiger partial charge in [-0.05, 0) is 12.5 Å². The molecule has 1 rings (SSSR count). The molecule has 0 atom stereocenters. The van der Waals surface area contributed by atoms with Crippen LogP contribution in [0.2, 0.25) is 0 Å². The van der Waals surface area contributed by atoms with Gasteiger partial charge in [0, 0.05) is 5.56 Å². The van der Waals surface area contributed by atoms with Gasteiger partial charge in [0.2, 0.25) is 0 Å². The van der Waals surface area contributed by atoms with E-state index in [1.165, 1.54) is 6.07 Å². The summed E-state index contributed by atoms with van der Waals surface area (Å²) in [6.07, 6.45) is 1.53. The van der Waals surface area contributed by atoms with Crippen LogP contribution in [0.3, 0.4) is 0 Å². The summed E-state index contributed by atoms with van der Waals surface area (Å²) >= 11 is 0. The second-order valence-electron chi connectivity index (χ2n) is 2.90. The highest BCUT2D eigenvalue weighted by Gasteiger charge is 2.26. The first-order valence-corrected chi connectivity index (χ1v) is 4.20. The standard InChI is InChI=1S/C9H9NO5/c1-2-5-3-6(8(11)12)7(9(13)14)10(15)4-5/h3-4H,2H2,1H3,(H,11,12)(H,13,14). The first-order chi connectivity index (χ1) is 6.97. The predicted octanol–water partition coefficient (Wildman–Crippen LogP) is 0.279. The van der Waals surface area contributed by atoms with Crippen LogP contribution in [0.5, 0.6) is 0 Å². The summed E-state index contributed by atoms with van der Waals surface area (Å²) in [7, 11) is 0. The lowest BCUT2D eigenvalue weighted by atomic mass is 10.1. The smallest absolute Gasteiger partial charge is 0.403 e. The van der Waals surface area contributed by atoms with E-state index in [9.17, 15) is 14.8 Å². The Kier molecular flexibility index (Phi) is 2.89. The highest BCUT2D eigenvalue weighted by Crippen LogP contribution is 2.08. The largest absolute Gasteiger partial charge is 0.618 e. The van der Waals surface area contributed by atoms with Crippen LogP contribution in [0.4, 0.5) is 0 Å². The van der Waals surface area contributed by atoms with E-state index < -0.39 is 23.2 Å². The number of carbonyl (C=O) groups is 2. The minimum atomic E-state index is -1.55. The van der Waals surface area contributed by atoms with Crippen molar-refractivity contribution in [3.8, 4) is 0 Å². The molecule has 0 aromatic carbocycles. The Bertz CT molecular complexity index is 427. The molecule has 0 unspecified atom stereocenters. The number of hydrogen-bond donors (Lipinski definition) is 2. The van der Waals surface area contributed by atoms with Crippen molar-refractivity contribution in [3.05, 3.63) is 34.3 Å². The molecule has 0 aliphatic heterocycles. The van der Waals surface area contributed by atoms with Gasteiger partial charge in [-0.2, -0.15) is 4.73 Å². The van der Waals surface area contributed by atoms with Crippen LogP contribution in [0.1, 0.15) is 33.3 Å². The van der Waals surface area contributed by atoms with Gasteiger partial charge in [-0.3, -0.25) is 0 Å². The number of aromatic carboxylic acids is 2. The molecule has 0 saturated carbocycles. The van der Waals surface area contributed by atoms with Gasteiger partial charge in [0.15, 0.2) is 6.20 Å². The van der Waals surface area contributed by atoms with E-state index in [-0.39, 0.29) is 4.73 Å². The lowest BCUT2D eigenvalue weighted by molar-refractivity contribution is -0.609. The van der Waals surface area contributed by atoms with Crippen LogP contribution in [0.25, 0.3) is 0 Å². The fourth-order valence-corrected chi connectivity index (χ4v) is 1.19. The molecule has 1 heterocycles. The molecular formula is C9H9NO5. The minimum absolute atomic E-state index is 0.0740. The van der Waals surface area contributed by atoms with Crippen molar-refractivity contribution in [3.63, 3.8) is 0 Å². The molecule has 0 radical (unpaired) electrons. The third kappa shape index (κ3) is 2.04. The van der Waals surface area contributed by atoms with Gasteiger partial charge < -0.3 is 15.4 Å². The molecule has 1 aromatic heterocycles. The van der Waals surface area contributed by atoms with Gasteiger partial charge in [0.1, 0.15) is 5.56 Å². The molecule has 0 fully saturated rings. The number of carboxylic acids is 2. The molecule has 0 saturated heterocycles. The molecule has 0 bridgehead atoms. The maximum Gasteiger partial charge on any atom is 0.403 e. The highest BCUT2D eigenvalue weighted by molar-refractivity contribution is 5.99. The Morgan fingerprint density at radius 1 is 1.40 bits per heavy atom. The van der Waals surface area contributed by atoms with Crippen molar-refractivity contribution < 1.29 is 24.5 Å². The Hall–Kier alpha value is -2.11. The molecular weight excluding hydrogens is 202 g/mol. The SMILES string of the molecule is CCc1cc(C(=O)O)c(C(=O)O)[n+]([O-])c1. The van der Waals surface area contributed by atoms with Gasteiger partial charge >= 0.3 is 17.6 Å². The molecule has 0 spiro atoms. The fraction of sp³-hybridized carbons (Fsp3) is 0.222. The Morgan fingerprint density at radius 3 is 2.40 bits per heavy atom. The zero-order valence-corrected chi connectivity index (χ0v) is 7.93. The number of pyridine rings is 1. The summed E-state index contributed by atoms with van der Waals surface area (Å²) in [4.78, 5) is 21.4. The molecule has 2 N–H and O–H groups in total.